The molecular weight excluding hydrogens is 262 g/mol. The van der Waals surface area contributed by atoms with E-state index in [0.29, 0.717) is 6.61 Å². The Morgan fingerprint density at radius 1 is 1.19 bits per heavy atom. The number of benzene rings is 2. The lowest BCUT2D eigenvalue weighted by atomic mass is 10.0. The lowest BCUT2D eigenvalue weighted by molar-refractivity contribution is 0.179. The molecule has 0 bridgehead atoms. The van der Waals surface area contributed by atoms with Crippen LogP contribution in [-0.2, 0) is 11.3 Å². The van der Waals surface area contributed by atoms with Crippen LogP contribution < -0.4 is 10.6 Å². The third-order valence-electron chi connectivity index (χ3n) is 3.35. The van der Waals surface area contributed by atoms with Crippen molar-refractivity contribution < 1.29 is 4.74 Å². The molecule has 2 aromatic carbocycles. The molecule has 0 heterocycles. The normalized spacial score (nSPS) is 13.2. The Morgan fingerprint density at radius 2 is 1.95 bits per heavy atom. The van der Waals surface area contributed by atoms with Gasteiger partial charge in [-0.15, -0.1) is 0 Å². The van der Waals surface area contributed by atoms with E-state index in [1.165, 1.54) is 16.3 Å². The average molecular weight is 285 g/mol. The minimum Gasteiger partial charge on any atom is -0.383 e. The van der Waals surface area contributed by atoms with Gasteiger partial charge in [0.15, 0.2) is 5.96 Å². The van der Waals surface area contributed by atoms with Crippen molar-refractivity contribution >= 4 is 16.7 Å². The molecule has 0 saturated carbocycles. The Hall–Kier alpha value is -2.07. The molecule has 21 heavy (non-hydrogen) atoms. The van der Waals surface area contributed by atoms with Gasteiger partial charge in [0.1, 0.15) is 0 Å². The van der Waals surface area contributed by atoms with E-state index in [1.54, 1.807) is 14.2 Å². The zero-order valence-electron chi connectivity index (χ0n) is 12.9. The number of hydrogen-bond acceptors (Lipinski definition) is 2. The second-order valence-electron chi connectivity index (χ2n) is 5.06. The van der Waals surface area contributed by atoms with Gasteiger partial charge in [-0.05, 0) is 23.3 Å². The van der Waals surface area contributed by atoms with Gasteiger partial charge >= 0.3 is 0 Å². The summed E-state index contributed by atoms with van der Waals surface area (Å²) in [6, 6.07) is 15.0. The van der Waals surface area contributed by atoms with E-state index in [9.17, 15) is 0 Å². The number of aliphatic imine (C=N–C) groups is 1. The number of fused-ring (bicyclic) bond motifs is 1. The van der Waals surface area contributed by atoms with Crippen molar-refractivity contribution in [3.8, 4) is 0 Å². The van der Waals surface area contributed by atoms with E-state index in [0.717, 1.165) is 12.5 Å². The molecule has 2 aromatic rings. The molecule has 0 fully saturated rings. The lowest BCUT2D eigenvalue weighted by Gasteiger charge is -2.17. The molecule has 4 heteroatoms. The Balaban J connectivity index is 2.03. The summed E-state index contributed by atoms with van der Waals surface area (Å²) >= 11 is 0. The van der Waals surface area contributed by atoms with Gasteiger partial charge in [0.25, 0.3) is 0 Å². The Bertz CT molecular complexity index is 605. The van der Waals surface area contributed by atoms with E-state index >= 15 is 0 Å². The Morgan fingerprint density at radius 3 is 2.71 bits per heavy atom. The summed E-state index contributed by atoms with van der Waals surface area (Å²) in [4.78, 5) is 4.24. The molecule has 0 aliphatic heterocycles. The third-order valence-corrected chi connectivity index (χ3v) is 3.35. The van der Waals surface area contributed by atoms with E-state index in [-0.39, 0.29) is 6.04 Å². The van der Waals surface area contributed by atoms with Crippen molar-refractivity contribution in [3.05, 3.63) is 48.0 Å². The van der Waals surface area contributed by atoms with Crippen molar-refractivity contribution in [3.63, 3.8) is 0 Å². The summed E-state index contributed by atoms with van der Waals surface area (Å²) in [6.45, 7) is 3.45. The van der Waals surface area contributed by atoms with Crippen LogP contribution >= 0.6 is 0 Å². The van der Waals surface area contributed by atoms with Crippen molar-refractivity contribution in [1.29, 1.82) is 0 Å². The largest absolute Gasteiger partial charge is 0.383 e. The second kappa shape index (κ2) is 7.64. The van der Waals surface area contributed by atoms with Gasteiger partial charge in [0, 0.05) is 26.7 Å². The van der Waals surface area contributed by atoms with Gasteiger partial charge in [-0.2, -0.15) is 0 Å². The number of nitrogens with one attached hydrogen (secondary N) is 2. The van der Waals surface area contributed by atoms with Crippen LogP contribution in [0.3, 0.4) is 0 Å². The summed E-state index contributed by atoms with van der Waals surface area (Å²) in [7, 11) is 3.47. The van der Waals surface area contributed by atoms with E-state index in [2.05, 4.69) is 65.0 Å². The fraction of sp³-hybridized carbons (Fsp3) is 0.353. The topological polar surface area (TPSA) is 45.7 Å². The molecule has 0 amide bonds. The first-order chi connectivity index (χ1) is 10.2. The van der Waals surface area contributed by atoms with Gasteiger partial charge in [-0.1, -0.05) is 42.5 Å². The summed E-state index contributed by atoms with van der Waals surface area (Å²) in [5.74, 6) is 0.785. The molecule has 0 aliphatic rings. The van der Waals surface area contributed by atoms with Crippen LogP contribution in [0.4, 0.5) is 0 Å². The van der Waals surface area contributed by atoms with Crippen LogP contribution in [-0.4, -0.2) is 32.8 Å². The smallest absolute Gasteiger partial charge is 0.191 e. The van der Waals surface area contributed by atoms with Gasteiger partial charge in [-0.3, -0.25) is 4.99 Å². The molecule has 2 rings (SSSR count). The third kappa shape index (κ3) is 4.20. The predicted molar refractivity (Wildman–Crippen MR) is 88.6 cm³/mol. The first-order valence-corrected chi connectivity index (χ1v) is 7.17. The Labute approximate surface area is 126 Å². The number of hydrogen-bond donors (Lipinski definition) is 2. The highest BCUT2D eigenvalue weighted by Crippen LogP contribution is 2.18. The van der Waals surface area contributed by atoms with Crippen LogP contribution in [0.2, 0.25) is 0 Å². The molecule has 112 valence electrons. The quantitative estimate of drug-likeness (QED) is 0.655. The first kappa shape index (κ1) is 15.3. The minimum absolute atomic E-state index is 0.216. The average Bonchev–Trinajstić information content (AvgIpc) is 2.51. The minimum atomic E-state index is 0.216. The van der Waals surface area contributed by atoms with Crippen molar-refractivity contribution in [2.45, 2.75) is 19.5 Å². The van der Waals surface area contributed by atoms with Gasteiger partial charge in [-0.25, -0.2) is 0 Å². The SMILES string of the molecule is CN=C(NCc1cccc2ccccc12)NC(C)COC. The van der Waals surface area contributed by atoms with Gasteiger partial charge < -0.3 is 15.4 Å². The molecule has 0 aliphatic carbocycles. The maximum atomic E-state index is 5.12. The van der Waals surface area contributed by atoms with E-state index in [1.807, 2.05) is 0 Å². The molecular formula is C17H23N3O. The molecule has 0 saturated heterocycles. The second-order valence-corrected chi connectivity index (χ2v) is 5.06. The number of ether oxygens (including phenoxy) is 1. The molecule has 1 atom stereocenters. The zero-order chi connectivity index (χ0) is 15.1. The van der Waals surface area contributed by atoms with Gasteiger partial charge in [0.2, 0.25) is 0 Å². The van der Waals surface area contributed by atoms with Crippen LogP contribution in [0, 0.1) is 0 Å². The Kier molecular flexibility index (Phi) is 5.58. The number of guanidine groups is 1. The number of nitrogens with zero attached hydrogens (tertiary/aromatic N) is 1. The van der Waals surface area contributed by atoms with E-state index in [4.69, 9.17) is 4.74 Å². The summed E-state index contributed by atoms with van der Waals surface area (Å²) in [5.41, 5.74) is 1.26. The van der Waals surface area contributed by atoms with Crippen LogP contribution in [0.25, 0.3) is 10.8 Å². The molecule has 0 spiro atoms. The number of methoxy groups -OCH3 is 1. The summed E-state index contributed by atoms with van der Waals surface area (Å²) in [6.07, 6.45) is 0. The summed E-state index contributed by atoms with van der Waals surface area (Å²) in [5, 5.41) is 9.18. The van der Waals surface area contributed by atoms with Gasteiger partial charge in [0.05, 0.1) is 6.61 Å². The molecule has 0 radical (unpaired) electrons. The van der Waals surface area contributed by atoms with Crippen molar-refractivity contribution in [1.82, 2.24) is 10.6 Å². The maximum Gasteiger partial charge on any atom is 0.191 e. The first-order valence-electron chi connectivity index (χ1n) is 7.17. The predicted octanol–water partition coefficient (Wildman–Crippen LogP) is 2.54. The van der Waals surface area contributed by atoms with Crippen LogP contribution in [0.15, 0.2) is 47.5 Å². The van der Waals surface area contributed by atoms with Crippen molar-refractivity contribution in [2.75, 3.05) is 20.8 Å². The van der Waals surface area contributed by atoms with E-state index < -0.39 is 0 Å². The number of rotatable bonds is 5. The highest BCUT2D eigenvalue weighted by Gasteiger charge is 2.05. The molecule has 2 N–H and O–H groups in total. The highest BCUT2D eigenvalue weighted by molar-refractivity contribution is 5.86. The van der Waals surface area contributed by atoms with Crippen molar-refractivity contribution in [2.24, 2.45) is 4.99 Å². The standard InChI is InChI=1S/C17H23N3O/c1-13(12-21-3)20-17(18-2)19-11-15-9-6-8-14-7-4-5-10-16(14)15/h4-10,13H,11-12H2,1-3H3,(H2,18,19,20). The maximum absolute atomic E-state index is 5.12. The lowest BCUT2D eigenvalue weighted by Crippen LogP contribution is -2.43. The van der Waals surface area contributed by atoms with Crippen LogP contribution in [0.5, 0.6) is 0 Å². The van der Waals surface area contributed by atoms with Crippen LogP contribution in [0.1, 0.15) is 12.5 Å². The fourth-order valence-electron chi connectivity index (χ4n) is 2.35. The molecule has 4 nitrogen and oxygen atoms in total. The summed E-state index contributed by atoms with van der Waals surface area (Å²) < 4.78 is 5.12. The molecule has 0 aromatic heterocycles. The highest BCUT2D eigenvalue weighted by atomic mass is 16.5. The monoisotopic (exact) mass is 285 g/mol. The fourth-order valence-corrected chi connectivity index (χ4v) is 2.35. The zero-order valence-corrected chi connectivity index (χ0v) is 12.9. The molecule has 1 unspecified atom stereocenters.